The predicted octanol–water partition coefficient (Wildman–Crippen LogP) is 3.24. The van der Waals surface area contributed by atoms with Crippen LogP contribution in [0.15, 0.2) is 34.9 Å². The Kier molecular flexibility index (Phi) is 4.44. The number of benzene rings is 1. The van der Waals surface area contributed by atoms with Gasteiger partial charge in [-0.2, -0.15) is 0 Å². The number of methoxy groups -OCH3 is 1. The summed E-state index contributed by atoms with van der Waals surface area (Å²) in [6.45, 7) is 0.272. The molecule has 8 heteroatoms. The summed E-state index contributed by atoms with van der Waals surface area (Å²) in [7, 11) is 1.28. The smallest absolute Gasteiger partial charge is 0.341 e. The highest BCUT2D eigenvalue weighted by Crippen LogP contribution is 2.27. The van der Waals surface area contributed by atoms with Gasteiger partial charge in [0, 0.05) is 12.1 Å². The van der Waals surface area contributed by atoms with Gasteiger partial charge in [0.25, 0.3) is 5.69 Å². The van der Waals surface area contributed by atoms with Crippen LogP contribution in [0.4, 0.5) is 11.4 Å². The summed E-state index contributed by atoms with van der Waals surface area (Å²) in [4.78, 5) is 21.4. The molecule has 0 atom stereocenters. The van der Waals surface area contributed by atoms with Crippen LogP contribution in [0.25, 0.3) is 0 Å². The van der Waals surface area contributed by atoms with Gasteiger partial charge in [-0.05, 0) is 12.1 Å². The second-order valence-corrected chi connectivity index (χ2v) is 4.48. The first-order valence-electron chi connectivity index (χ1n) is 5.85. The fourth-order valence-electron chi connectivity index (χ4n) is 1.64. The average Bonchev–Trinajstić information content (AvgIpc) is 2.93. The molecule has 0 unspecified atom stereocenters. The Hall–Kier alpha value is -2.54. The van der Waals surface area contributed by atoms with E-state index in [1.807, 2.05) is 0 Å². The van der Waals surface area contributed by atoms with Gasteiger partial charge in [0.1, 0.15) is 12.0 Å². The molecule has 1 aromatic heterocycles. The molecule has 1 aromatic carbocycles. The van der Waals surface area contributed by atoms with Crippen molar-refractivity contribution in [3.05, 3.63) is 57.0 Å². The van der Waals surface area contributed by atoms with E-state index in [0.717, 1.165) is 0 Å². The van der Waals surface area contributed by atoms with E-state index in [2.05, 4.69) is 10.1 Å². The third-order valence-electron chi connectivity index (χ3n) is 2.69. The molecule has 7 nitrogen and oxygen atoms in total. The summed E-state index contributed by atoms with van der Waals surface area (Å²) in [6.07, 6.45) is 1.29. The number of nitro benzene ring substituents is 1. The zero-order valence-electron chi connectivity index (χ0n) is 11.0. The van der Waals surface area contributed by atoms with Crippen LogP contribution in [0, 0.1) is 10.1 Å². The second kappa shape index (κ2) is 6.27. The number of hydrogen-bond acceptors (Lipinski definition) is 6. The van der Waals surface area contributed by atoms with Gasteiger partial charge in [-0.1, -0.05) is 11.6 Å². The summed E-state index contributed by atoms with van der Waals surface area (Å²) < 4.78 is 9.76. The Bertz CT molecular complexity index is 683. The van der Waals surface area contributed by atoms with Crippen molar-refractivity contribution in [2.24, 2.45) is 0 Å². The summed E-state index contributed by atoms with van der Waals surface area (Å²) in [6, 6.07) is 5.64. The maximum atomic E-state index is 11.3. The molecule has 0 saturated heterocycles. The van der Waals surface area contributed by atoms with E-state index < -0.39 is 10.9 Å². The average molecular weight is 311 g/mol. The lowest BCUT2D eigenvalue weighted by Gasteiger charge is -2.06. The number of non-ortho nitro benzene ring substituents is 1. The molecule has 0 saturated carbocycles. The van der Waals surface area contributed by atoms with E-state index in [-0.39, 0.29) is 17.3 Å². The van der Waals surface area contributed by atoms with Crippen molar-refractivity contribution >= 4 is 28.9 Å². The molecule has 0 aliphatic heterocycles. The van der Waals surface area contributed by atoms with Crippen LogP contribution in [0.5, 0.6) is 0 Å². The van der Waals surface area contributed by atoms with Crippen molar-refractivity contribution in [2.45, 2.75) is 6.54 Å². The fraction of sp³-hybridized carbons (Fsp3) is 0.154. The molecule has 0 fully saturated rings. The van der Waals surface area contributed by atoms with Gasteiger partial charge in [0.2, 0.25) is 0 Å². The second-order valence-electron chi connectivity index (χ2n) is 4.07. The number of furan rings is 1. The maximum absolute atomic E-state index is 11.3. The van der Waals surface area contributed by atoms with E-state index in [0.29, 0.717) is 17.0 Å². The Morgan fingerprint density at radius 2 is 2.24 bits per heavy atom. The van der Waals surface area contributed by atoms with Crippen molar-refractivity contribution in [3.8, 4) is 0 Å². The van der Waals surface area contributed by atoms with Gasteiger partial charge < -0.3 is 14.5 Å². The normalized spacial score (nSPS) is 10.2. The van der Waals surface area contributed by atoms with Crippen LogP contribution in [-0.4, -0.2) is 18.0 Å². The first-order chi connectivity index (χ1) is 10.0. The van der Waals surface area contributed by atoms with E-state index in [1.165, 1.54) is 37.6 Å². The molecular weight excluding hydrogens is 300 g/mol. The fourth-order valence-corrected chi connectivity index (χ4v) is 1.88. The molecule has 21 heavy (non-hydrogen) atoms. The first kappa shape index (κ1) is 14.9. The Balaban J connectivity index is 2.04. The quantitative estimate of drug-likeness (QED) is 0.517. The van der Waals surface area contributed by atoms with E-state index in [9.17, 15) is 14.9 Å². The molecule has 2 rings (SSSR count). The molecular formula is C13H11ClN2O5. The molecule has 0 amide bonds. The molecule has 0 spiro atoms. The number of halogens is 1. The van der Waals surface area contributed by atoms with Gasteiger partial charge in [0.15, 0.2) is 0 Å². The highest BCUT2D eigenvalue weighted by molar-refractivity contribution is 6.33. The van der Waals surface area contributed by atoms with Crippen LogP contribution in [-0.2, 0) is 11.3 Å². The Labute approximate surface area is 124 Å². The summed E-state index contributed by atoms with van der Waals surface area (Å²) >= 11 is 5.95. The Morgan fingerprint density at radius 1 is 1.48 bits per heavy atom. The van der Waals surface area contributed by atoms with Crippen molar-refractivity contribution in [1.82, 2.24) is 0 Å². The monoisotopic (exact) mass is 310 g/mol. The lowest BCUT2D eigenvalue weighted by Crippen LogP contribution is -2.00. The third kappa shape index (κ3) is 3.51. The van der Waals surface area contributed by atoms with Crippen LogP contribution in [0.3, 0.4) is 0 Å². The molecule has 0 aliphatic carbocycles. The summed E-state index contributed by atoms with van der Waals surface area (Å²) in [5, 5.41) is 13.8. The topological polar surface area (TPSA) is 94.6 Å². The van der Waals surface area contributed by atoms with Crippen LogP contribution >= 0.6 is 11.6 Å². The number of nitro groups is 1. The number of carbonyl (C=O) groups excluding carboxylic acids is 1. The van der Waals surface area contributed by atoms with Crippen molar-refractivity contribution < 1.29 is 18.9 Å². The maximum Gasteiger partial charge on any atom is 0.341 e. The highest BCUT2D eigenvalue weighted by Gasteiger charge is 2.12. The lowest BCUT2D eigenvalue weighted by molar-refractivity contribution is -0.384. The molecule has 0 bridgehead atoms. The minimum Gasteiger partial charge on any atom is -0.467 e. The van der Waals surface area contributed by atoms with E-state index in [4.69, 9.17) is 16.0 Å². The molecule has 1 heterocycles. The zero-order valence-corrected chi connectivity index (χ0v) is 11.7. The lowest BCUT2D eigenvalue weighted by atomic mass is 10.2. The van der Waals surface area contributed by atoms with E-state index >= 15 is 0 Å². The number of rotatable bonds is 5. The van der Waals surface area contributed by atoms with Crippen LogP contribution < -0.4 is 5.32 Å². The predicted molar refractivity (Wildman–Crippen MR) is 75.5 cm³/mol. The molecule has 2 aromatic rings. The highest BCUT2D eigenvalue weighted by atomic mass is 35.5. The molecule has 0 radical (unpaired) electrons. The van der Waals surface area contributed by atoms with Crippen molar-refractivity contribution in [1.29, 1.82) is 0 Å². The number of nitrogens with one attached hydrogen (secondary N) is 1. The number of ether oxygens (including phenoxy) is 1. The number of nitrogens with zero attached hydrogens (tertiary/aromatic N) is 1. The zero-order chi connectivity index (χ0) is 15.4. The van der Waals surface area contributed by atoms with Gasteiger partial charge in [-0.3, -0.25) is 10.1 Å². The molecule has 1 N–H and O–H groups in total. The molecule has 0 aliphatic rings. The molecule has 110 valence electrons. The van der Waals surface area contributed by atoms with Gasteiger partial charge in [-0.15, -0.1) is 0 Å². The van der Waals surface area contributed by atoms with Crippen molar-refractivity contribution in [3.63, 3.8) is 0 Å². The van der Waals surface area contributed by atoms with E-state index in [1.54, 1.807) is 0 Å². The number of carbonyl (C=O) groups is 1. The summed E-state index contributed by atoms with van der Waals surface area (Å²) in [5.74, 6) is 0.0168. The van der Waals surface area contributed by atoms with Gasteiger partial charge >= 0.3 is 5.97 Å². The minimum absolute atomic E-state index is 0.0865. The SMILES string of the molecule is COC(=O)c1coc(CNc2ccc([N+](=O)[O-])cc2Cl)c1. The van der Waals surface area contributed by atoms with Gasteiger partial charge in [0.05, 0.1) is 34.9 Å². The van der Waals surface area contributed by atoms with Crippen molar-refractivity contribution in [2.75, 3.05) is 12.4 Å². The third-order valence-corrected chi connectivity index (χ3v) is 3.00. The van der Waals surface area contributed by atoms with Crippen LogP contribution in [0.1, 0.15) is 16.1 Å². The number of anilines is 1. The number of esters is 1. The minimum atomic E-state index is -0.523. The van der Waals surface area contributed by atoms with Crippen LogP contribution in [0.2, 0.25) is 5.02 Å². The Morgan fingerprint density at radius 3 is 2.86 bits per heavy atom. The standard InChI is InChI=1S/C13H11ClN2O5/c1-20-13(17)8-4-10(21-7-8)6-15-12-3-2-9(16(18)19)5-11(12)14/h2-5,7,15H,6H2,1H3. The van der Waals surface area contributed by atoms with Gasteiger partial charge in [-0.25, -0.2) is 4.79 Å². The first-order valence-corrected chi connectivity index (χ1v) is 6.22. The summed E-state index contributed by atoms with van der Waals surface area (Å²) in [5.41, 5.74) is 0.749. The number of hydrogen-bond donors (Lipinski definition) is 1. The largest absolute Gasteiger partial charge is 0.467 e.